The number of rotatable bonds is 36. The molecule has 13 saturated heterocycles. The van der Waals surface area contributed by atoms with Crippen LogP contribution in [0, 0.1) is 11.3 Å². The fourth-order valence-electron chi connectivity index (χ4n) is 19.3. The van der Waals surface area contributed by atoms with Crippen molar-refractivity contribution in [3.05, 3.63) is 151 Å². The molecule has 6 aromatic heterocycles. The first kappa shape index (κ1) is 113. The summed E-state index contributed by atoms with van der Waals surface area (Å²) in [7, 11) is 0. The van der Waals surface area contributed by atoms with Crippen molar-refractivity contribution in [1.82, 2.24) is 84.2 Å². The zero-order valence-electron chi connectivity index (χ0n) is 85.6. The van der Waals surface area contributed by atoms with Crippen LogP contribution in [-0.2, 0) is 28.4 Å². The number of nitrogens with zero attached hydrogens (tertiary/aromatic N) is 24. The average molecular weight is 2070 g/mol. The van der Waals surface area contributed by atoms with Gasteiger partial charge in [0, 0.05) is 226 Å². The van der Waals surface area contributed by atoms with Crippen LogP contribution in [-0.4, -0.2) is 432 Å². The smallest absolute Gasteiger partial charge is 0.226 e. The van der Waals surface area contributed by atoms with Crippen LogP contribution in [0.15, 0.2) is 146 Å². The van der Waals surface area contributed by atoms with Gasteiger partial charge in [-0.05, 0) is 54.4 Å². The van der Waals surface area contributed by atoms with Gasteiger partial charge in [-0.1, -0.05) is 0 Å². The summed E-state index contributed by atoms with van der Waals surface area (Å²) in [6.07, 6.45) is 23.1. The molecule has 19 heterocycles. The highest BCUT2D eigenvalue weighted by Crippen LogP contribution is 2.38. The van der Waals surface area contributed by atoms with Gasteiger partial charge < -0.3 is 121 Å². The zero-order chi connectivity index (χ0) is 104. The van der Waals surface area contributed by atoms with Gasteiger partial charge in [0.25, 0.3) is 0 Å². The van der Waals surface area contributed by atoms with E-state index in [1.54, 1.807) is 74.2 Å². The molecule has 810 valence electrons. The maximum atomic E-state index is 12.5. The molecule has 4 unspecified atom stereocenters. The summed E-state index contributed by atoms with van der Waals surface area (Å²) in [5, 5.41) is 9.44. The monoisotopic (exact) mass is 2070 g/mol. The Bertz CT molecular complexity index is 5060. The lowest BCUT2D eigenvalue weighted by atomic mass is 9.95. The summed E-state index contributed by atoms with van der Waals surface area (Å²) < 4.78 is 139. The van der Waals surface area contributed by atoms with Crippen molar-refractivity contribution in [2.45, 2.75) is 126 Å². The summed E-state index contributed by atoms with van der Waals surface area (Å²) in [5.41, 5.74) is 35.1. The van der Waals surface area contributed by atoms with Crippen molar-refractivity contribution in [3.63, 3.8) is 0 Å². The molecule has 42 nitrogen and oxygen atoms in total. The Balaban J connectivity index is 0.000000140. The van der Waals surface area contributed by atoms with E-state index in [2.05, 4.69) is 161 Å². The zero-order valence-corrected chi connectivity index (χ0v) is 85.6. The van der Waals surface area contributed by atoms with E-state index in [1.807, 2.05) is 0 Å². The van der Waals surface area contributed by atoms with Gasteiger partial charge in [0.15, 0.2) is 28.7 Å². The fourth-order valence-corrected chi connectivity index (χ4v) is 19.3. The SMILES string of the molecule is CC1(C)CN(C2COC2)CCN1c1ncc(OC/C(=C/F)CN)cn1.CC1(C)CN(c2ncc(OC/C(=C/F)CN)cn2)CCN1C1COC1.CC1CN(c2ncc(OC/C(=C/F)CN)cn2)CC(C)N1C1COC1.N#Cc1cc(OC/C(=C/F)CN)cnc1N1CCN(C2COC2)CC1.NC/C(=C\F)COc1cnc(N2CC3CCC(C2)N3C2COC2)nc1.NC/C(=C\F)COc1cnc(N2CCN(C3COC3)CC2)nc1. The molecular formula is C100H146F6N30O12. The summed E-state index contributed by atoms with van der Waals surface area (Å²) in [6, 6.07) is 9.07. The predicted octanol–water partition coefficient (Wildman–Crippen LogP) is 4.47. The van der Waals surface area contributed by atoms with Crippen LogP contribution < -0.4 is 92.2 Å². The van der Waals surface area contributed by atoms with Crippen molar-refractivity contribution in [2.75, 3.05) is 305 Å². The molecule has 13 aliphatic heterocycles. The van der Waals surface area contributed by atoms with Gasteiger partial charge in [-0.3, -0.25) is 29.4 Å². The normalized spacial score (nSPS) is 22.8. The van der Waals surface area contributed by atoms with Gasteiger partial charge in [0.05, 0.1) is 233 Å². The molecule has 6 aromatic rings. The van der Waals surface area contributed by atoms with Crippen molar-refractivity contribution >= 4 is 35.6 Å². The summed E-state index contributed by atoms with van der Waals surface area (Å²) in [4.78, 5) is 76.6. The van der Waals surface area contributed by atoms with Crippen LogP contribution in [0.25, 0.3) is 0 Å². The molecule has 4 atom stereocenters. The standard InChI is InChI=1S/C17H24FN5O2.3C17H26FN5O2.C17H22FN5O2.C15H22FN5O2/c18-3-12(4-19)9-25-16-5-20-17(21-6-16)22-7-13-1-2-14(8-22)23(13)15-10-24-11-15;1-12-7-22(8-13(2)23(12)15-10-24-11-15)17-20-5-16(6-21-17)25-9-14(3-18)4-19;1-17(2)12-22(3-4-23(17)14-10-24-11-14)16-20-7-15(8-21-16)25-9-13(5-18)6-19;1-17(2)12-22(14-10-24-11-14)3-4-23(17)16-20-7-15(8-21-16)25-9-13(5-18)6-19;18-6-13(7-19)10-25-16-5-14(8-20)17(21-9-16)23-3-1-22(2-4-23)15-11-24-12-15;16-5-12(6-17)9-23-14-7-18-15(19-8-14)21-3-1-20(2-4-21)13-10-22-11-13/h3,5-6,13-15H,1-2,4,7-11,19H2;3,5-6,12-13,15H,4,7-11,19H2,1-2H3;2*5,7-8,14H,3-4,6,9-12,19H2,1-2H3;5-6,9,15H,1-4,7,10-12,19H2;5,7-8,13H,1-4,6,9-11,17H2/b12-3+;14-3+;2*13-5+;13-6+;12-5+. The van der Waals surface area contributed by atoms with E-state index >= 15 is 0 Å². The second-order valence-electron chi connectivity index (χ2n) is 39.7. The maximum absolute atomic E-state index is 12.5. The Morgan fingerprint density at radius 2 is 0.628 bits per heavy atom. The highest BCUT2D eigenvalue weighted by atomic mass is 19.1. The molecule has 48 heteroatoms. The first-order valence-corrected chi connectivity index (χ1v) is 50.7. The van der Waals surface area contributed by atoms with E-state index in [4.69, 9.17) is 91.2 Å². The quantitative estimate of drug-likeness (QED) is 0.0295. The fraction of sp³-hybridized carbons (Fsp3) is 0.620. The minimum absolute atomic E-state index is 0.0349. The molecular weight excluding hydrogens is 1930 g/mol. The first-order chi connectivity index (χ1) is 72.0. The number of hydrogen-bond donors (Lipinski definition) is 6. The van der Waals surface area contributed by atoms with Gasteiger partial charge >= 0.3 is 0 Å². The Morgan fingerprint density at radius 1 is 0.331 bits per heavy atom. The van der Waals surface area contributed by atoms with Crippen LogP contribution in [0.4, 0.5) is 61.9 Å². The Labute approximate surface area is 861 Å². The van der Waals surface area contributed by atoms with E-state index in [-0.39, 0.29) is 90.0 Å². The number of halogens is 6. The maximum Gasteiger partial charge on any atom is 0.226 e. The van der Waals surface area contributed by atoms with Crippen LogP contribution in [0.5, 0.6) is 34.5 Å². The van der Waals surface area contributed by atoms with Crippen molar-refractivity contribution in [1.29, 1.82) is 5.26 Å². The highest BCUT2D eigenvalue weighted by molar-refractivity contribution is 5.56. The third-order valence-electron chi connectivity index (χ3n) is 28.4. The lowest BCUT2D eigenvalue weighted by Crippen LogP contribution is -2.66. The molecule has 0 amide bonds. The molecule has 0 spiro atoms. The third kappa shape index (κ3) is 30.7. The second kappa shape index (κ2) is 56.2. The van der Waals surface area contributed by atoms with Gasteiger partial charge in [0.1, 0.15) is 57.3 Å². The summed E-state index contributed by atoms with van der Waals surface area (Å²) >= 11 is 0. The molecule has 0 radical (unpaired) electrons. The third-order valence-corrected chi connectivity index (χ3v) is 28.4. The number of hydrogen-bond acceptors (Lipinski definition) is 42. The minimum Gasteiger partial charge on any atom is -0.487 e. The number of nitrogens with two attached hydrogens (primary N) is 6. The number of ether oxygens (including phenoxy) is 12. The molecule has 2 bridgehead atoms. The number of nitriles is 1. The van der Waals surface area contributed by atoms with Crippen LogP contribution in [0.1, 0.15) is 59.9 Å². The first-order valence-electron chi connectivity index (χ1n) is 50.7. The lowest BCUT2D eigenvalue weighted by Gasteiger charge is -2.52. The molecule has 148 heavy (non-hydrogen) atoms. The number of anilines is 6. The number of pyridine rings is 1. The van der Waals surface area contributed by atoms with Crippen molar-refractivity contribution in [3.8, 4) is 40.6 Å². The van der Waals surface area contributed by atoms with Gasteiger partial charge in [-0.15, -0.1) is 0 Å². The Morgan fingerprint density at radius 3 is 0.953 bits per heavy atom. The lowest BCUT2D eigenvalue weighted by molar-refractivity contribution is -0.100. The average Bonchev–Trinajstić information content (AvgIpc) is 1.62. The second-order valence-corrected chi connectivity index (χ2v) is 39.7. The summed E-state index contributed by atoms with van der Waals surface area (Å²) in [6.45, 7) is 41.1. The van der Waals surface area contributed by atoms with Gasteiger partial charge in [-0.25, -0.2) is 81.2 Å². The predicted molar refractivity (Wildman–Crippen MR) is 547 cm³/mol. The van der Waals surface area contributed by atoms with E-state index in [9.17, 15) is 31.6 Å². The Hall–Kier alpha value is -11.1. The molecule has 19 rings (SSSR count). The molecule has 12 N–H and O–H groups in total. The summed E-state index contributed by atoms with van der Waals surface area (Å²) in [5.74, 6) is 7.11. The van der Waals surface area contributed by atoms with Crippen LogP contribution in [0.3, 0.4) is 0 Å². The largest absolute Gasteiger partial charge is 0.487 e. The topological polar surface area (TPSA) is 471 Å². The number of piperazine rings is 6. The Kier molecular flexibility index (Phi) is 42.7. The molecule has 13 fully saturated rings. The number of aromatic nitrogens is 11. The van der Waals surface area contributed by atoms with E-state index in [1.165, 1.54) is 12.8 Å². The van der Waals surface area contributed by atoms with Gasteiger partial charge in [0.2, 0.25) is 29.7 Å². The van der Waals surface area contributed by atoms with E-state index in [0.29, 0.717) is 202 Å². The molecule has 0 aliphatic carbocycles. The van der Waals surface area contributed by atoms with Crippen molar-refractivity contribution < 1.29 is 83.2 Å². The van der Waals surface area contributed by atoms with E-state index < -0.39 is 0 Å². The molecule has 0 aromatic carbocycles. The molecule has 13 aliphatic rings. The van der Waals surface area contributed by atoms with Crippen LogP contribution in [0.2, 0.25) is 0 Å². The number of fused-ring (bicyclic) bond motifs is 2. The molecule has 0 saturated carbocycles. The highest BCUT2D eigenvalue weighted by Gasteiger charge is 2.48. The van der Waals surface area contributed by atoms with Gasteiger partial charge in [-0.2, -0.15) is 5.26 Å². The van der Waals surface area contributed by atoms with Crippen molar-refractivity contribution in [2.24, 2.45) is 34.4 Å². The van der Waals surface area contributed by atoms with Crippen LogP contribution >= 0.6 is 0 Å². The minimum atomic E-state index is -0.0695. The van der Waals surface area contributed by atoms with E-state index in [0.717, 1.165) is 203 Å².